The van der Waals surface area contributed by atoms with Crippen molar-refractivity contribution < 1.29 is 19.4 Å². The first-order chi connectivity index (χ1) is 14.5. The zero-order valence-corrected chi connectivity index (χ0v) is 17.8. The molecule has 0 fully saturated rings. The van der Waals surface area contributed by atoms with Crippen LogP contribution in [0, 0.1) is 0 Å². The highest BCUT2D eigenvalue weighted by atomic mass is 79.9. The van der Waals surface area contributed by atoms with Crippen LogP contribution in [-0.4, -0.2) is 30.2 Å². The fourth-order valence-corrected chi connectivity index (χ4v) is 3.29. The monoisotopic (exact) mass is 469 g/mol. The average molecular weight is 470 g/mol. The summed E-state index contributed by atoms with van der Waals surface area (Å²) in [5.41, 5.74) is 3.71. The first-order valence-electron chi connectivity index (χ1n) is 9.14. The van der Waals surface area contributed by atoms with E-state index in [1.54, 1.807) is 12.1 Å². The highest BCUT2D eigenvalue weighted by Crippen LogP contribution is 2.34. The fraction of sp³-hybridized carbons (Fsp3) is 0.136. The lowest BCUT2D eigenvalue weighted by Gasteiger charge is -2.08. The summed E-state index contributed by atoms with van der Waals surface area (Å²) in [5.74, 6) is -0.375. The molecule has 0 aromatic heterocycles. The molecule has 2 amide bonds. The number of phenolic OH excluding ortho intramolecular Hbond substituents is 1. The van der Waals surface area contributed by atoms with Gasteiger partial charge in [0.1, 0.15) is 0 Å². The number of hydrogen-bond acceptors (Lipinski definition) is 5. The molecule has 0 aliphatic rings. The predicted molar refractivity (Wildman–Crippen MR) is 120 cm³/mol. The van der Waals surface area contributed by atoms with E-state index in [2.05, 4.69) is 31.8 Å². The Morgan fingerprint density at radius 2 is 1.83 bits per heavy atom. The Balaban J connectivity index is 1.51. The van der Waals surface area contributed by atoms with E-state index < -0.39 is 0 Å². The van der Waals surface area contributed by atoms with Crippen LogP contribution in [0.3, 0.4) is 0 Å². The van der Waals surface area contributed by atoms with Crippen LogP contribution in [0.5, 0.6) is 11.5 Å². The lowest BCUT2D eigenvalue weighted by Crippen LogP contribution is -2.20. The van der Waals surface area contributed by atoms with Crippen molar-refractivity contribution >= 4 is 50.4 Å². The number of nitrogens with one attached hydrogen (secondary N) is 2. The summed E-state index contributed by atoms with van der Waals surface area (Å²) in [7, 11) is 1.44. The van der Waals surface area contributed by atoms with Gasteiger partial charge in [-0.25, -0.2) is 5.43 Å². The summed E-state index contributed by atoms with van der Waals surface area (Å²) in [4.78, 5) is 24.2. The minimum absolute atomic E-state index is 0.00344. The van der Waals surface area contributed by atoms with Crippen molar-refractivity contribution in [2.24, 2.45) is 5.10 Å². The second-order valence-electron chi connectivity index (χ2n) is 6.42. The van der Waals surface area contributed by atoms with Crippen LogP contribution in [0.25, 0.3) is 10.8 Å². The number of halogens is 1. The molecule has 0 unspecified atom stereocenters. The van der Waals surface area contributed by atoms with Crippen molar-refractivity contribution in [3.05, 3.63) is 64.6 Å². The number of amides is 2. The molecule has 0 bridgehead atoms. The van der Waals surface area contributed by atoms with Gasteiger partial charge in [0, 0.05) is 23.9 Å². The van der Waals surface area contributed by atoms with Gasteiger partial charge in [0.15, 0.2) is 11.5 Å². The molecule has 7 nitrogen and oxygen atoms in total. The van der Waals surface area contributed by atoms with E-state index in [1.165, 1.54) is 13.3 Å². The van der Waals surface area contributed by atoms with E-state index in [0.717, 1.165) is 10.8 Å². The van der Waals surface area contributed by atoms with Gasteiger partial charge in [-0.2, -0.15) is 5.10 Å². The highest BCUT2D eigenvalue weighted by Gasteiger charge is 2.09. The zero-order valence-electron chi connectivity index (χ0n) is 16.2. The Morgan fingerprint density at radius 1 is 1.10 bits per heavy atom. The lowest BCUT2D eigenvalue weighted by molar-refractivity contribution is -0.124. The van der Waals surface area contributed by atoms with Gasteiger partial charge in [-0.3, -0.25) is 9.59 Å². The van der Waals surface area contributed by atoms with Crippen LogP contribution in [-0.2, 0) is 9.59 Å². The van der Waals surface area contributed by atoms with Gasteiger partial charge in [-0.15, -0.1) is 0 Å². The summed E-state index contributed by atoms with van der Waals surface area (Å²) >= 11 is 3.22. The number of rotatable bonds is 7. The number of carbonyl (C=O) groups is 2. The number of fused-ring (bicyclic) bond motifs is 1. The first-order valence-corrected chi connectivity index (χ1v) is 9.93. The van der Waals surface area contributed by atoms with Gasteiger partial charge in [0.05, 0.1) is 17.8 Å². The van der Waals surface area contributed by atoms with Crippen molar-refractivity contribution in [1.29, 1.82) is 0 Å². The summed E-state index contributed by atoms with van der Waals surface area (Å²) in [6.45, 7) is 0. The second-order valence-corrected chi connectivity index (χ2v) is 7.28. The van der Waals surface area contributed by atoms with E-state index >= 15 is 0 Å². The number of benzene rings is 3. The minimum atomic E-state index is -0.385. The van der Waals surface area contributed by atoms with Gasteiger partial charge >= 0.3 is 0 Å². The maximum atomic E-state index is 12.2. The minimum Gasteiger partial charge on any atom is -0.503 e. The van der Waals surface area contributed by atoms with Crippen LogP contribution in [0.1, 0.15) is 18.4 Å². The molecule has 0 radical (unpaired) electrons. The topological polar surface area (TPSA) is 100 Å². The molecule has 3 aromatic carbocycles. The molecular formula is C22H20BrN3O4. The van der Waals surface area contributed by atoms with Gasteiger partial charge in [0.25, 0.3) is 0 Å². The Hall–Kier alpha value is -3.39. The predicted octanol–water partition coefficient (Wildman–Crippen LogP) is 4.19. The molecule has 3 aromatic rings. The number of hydrazone groups is 1. The number of carbonyl (C=O) groups excluding carboxylic acids is 2. The Morgan fingerprint density at radius 3 is 2.63 bits per heavy atom. The molecule has 8 heteroatoms. The summed E-state index contributed by atoms with van der Waals surface area (Å²) in [5, 5.41) is 18.5. The van der Waals surface area contributed by atoms with E-state index in [0.29, 0.717) is 15.7 Å². The molecular weight excluding hydrogens is 450 g/mol. The molecule has 0 saturated carbocycles. The summed E-state index contributed by atoms with van der Waals surface area (Å²) in [6.07, 6.45) is 1.44. The molecule has 3 N–H and O–H groups in total. The van der Waals surface area contributed by atoms with Crippen LogP contribution in [0.15, 0.2) is 64.2 Å². The van der Waals surface area contributed by atoms with E-state index in [-0.39, 0.29) is 36.2 Å². The maximum absolute atomic E-state index is 12.2. The van der Waals surface area contributed by atoms with Gasteiger partial charge < -0.3 is 15.2 Å². The number of nitrogens with zero attached hydrogens (tertiary/aromatic N) is 1. The SMILES string of the molecule is COc1cc(C=NNC(=O)CCC(=O)Nc2cccc3ccccc23)cc(Br)c1O. The van der Waals surface area contributed by atoms with Crippen molar-refractivity contribution in [2.75, 3.05) is 12.4 Å². The third-order valence-electron chi connectivity index (χ3n) is 4.32. The quantitative estimate of drug-likeness (QED) is 0.356. The van der Waals surface area contributed by atoms with Crippen LogP contribution in [0.4, 0.5) is 5.69 Å². The van der Waals surface area contributed by atoms with Crippen LogP contribution in [0.2, 0.25) is 0 Å². The second kappa shape index (κ2) is 9.89. The van der Waals surface area contributed by atoms with E-state index in [4.69, 9.17) is 4.74 Å². The number of hydrogen-bond donors (Lipinski definition) is 3. The van der Waals surface area contributed by atoms with Gasteiger partial charge in [-0.05, 0) is 45.1 Å². The molecule has 0 spiro atoms. The van der Waals surface area contributed by atoms with Crippen LogP contribution >= 0.6 is 15.9 Å². The average Bonchev–Trinajstić information content (AvgIpc) is 2.75. The van der Waals surface area contributed by atoms with E-state index in [1.807, 2.05) is 42.5 Å². The van der Waals surface area contributed by atoms with Crippen LogP contribution < -0.4 is 15.5 Å². The number of aromatic hydroxyl groups is 1. The molecule has 0 heterocycles. The van der Waals surface area contributed by atoms with E-state index in [9.17, 15) is 14.7 Å². The fourth-order valence-electron chi connectivity index (χ4n) is 2.83. The number of methoxy groups -OCH3 is 1. The number of anilines is 1. The normalized spacial score (nSPS) is 10.9. The maximum Gasteiger partial charge on any atom is 0.240 e. The molecule has 0 aliphatic carbocycles. The van der Waals surface area contributed by atoms with Gasteiger partial charge in [0.2, 0.25) is 11.8 Å². The zero-order chi connectivity index (χ0) is 21.5. The number of ether oxygens (including phenoxy) is 1. The molecule has 30 heavy (non-hydrogen) atoms. The number of phenols is 1. The van der Waals surface area contributed by atoms with Gasteiger partial charge in [-0.1, -0.05) is 36.4 Å². The molecule has 3 rings (SSSR count). The molecule has 154 valence electrons. The molecule has 0 saturated heterocycles. The molecule has 0 aliphatic heterocycles. The highest BCUT2D eigenvalue weighted by molar-refractivity contribution is 9.10. The Labute approximate surface area is 181 Å². The molecule has 0 atom stereocenters. The van der Waals surface area contributed by atoms with Crippen molar-refractivity contribution in [3.63, 3.8) is 0 Å². The summed E-state index contributed by atoms with van der Waals surface area (Å²) in [6, 6.07) is 16.6. The summed E-state index contributed by atoms with van der Waals surface area (Å²) < 4.78 is 5.51. The largest absolute Gasteiger partial charge is 0.503 e. The van der Waals surface area contributed by atoms with Crippen molar-refractivity contribution in [2.45, 2.75) is 12.8 Å². The smallest absolute Gasteiger partial charge is 0.240 e. The third kappa shape index (κ3) is 5.36. The lowest BCUT2D eigenvalue weighted by atomic mass is 10.1. The third-order valence-corrected chi connectivity index (χ3v) is 4.92. The Bertz CT molecular complexity index is 1110. The van der Waals surface area contributed by atoms with Crippen molar-refractivity contribution in [1.82, 2.24) is 5.43 Å². The standard InChI is InChI=1S/C22H20BrN3O4/c1-30-19-12-14(11-17(23)22(19)29)13-24-26-21(28)10-9-20(27)25-18-8-4-6-15-5-2-3-7-16(15)18/h2-8,11-13,29H,9-10H2,1H3,(H,25,27)(H,26,28). The Kier molecular flexibility index (Phi) is 7.03. The van der Waals surface area contributed by atoms with Crippen molar-refractivity contribution in [3.8, 4) is 11.5 Å². The first kappa shape index (κ1) is 21.3.